The summed E-state index contributed by atoms with van der Waals surface area (Å²) >= 11 is 0. The molecule has 6 nitrogen and oxygen atoms in total. The number of benzene rings is 2. The number of esters is 1. The van der Waals surface area contributed by atoms with Gasteiger partial charge in [-0.1, -0.05) is 145 Å². The molecule has 2 aliphatic rings. The molecule has 66 heavy (non-hydrogen) atoms. The van der Waals surface area contributed by atoms with Crippen LogP contribution in [0.25, 0.3) is 0 Å². The molecule has 0 bridgehead atoms. The fourth-order valence-corrected chi connectivity index (χ4v) is 10.9. The Morgan fingerprint density at radius 1 is 0.545 bits per heavy atom. The number of hydrogen-bond acceptors (Lipinski definition) is 6. The maximum absolute atomic E-state index is 11.9. The molecule has 4 rings (SSSR count). The lowest BCUT2D eigenvalue weighted by Crippen LogP contribution is -2.51. The Hall–Kier alpha value is -2.89. The number of phenols is 2. The zero-order chi connectivity index (χ0) is 49.5. The first-order chi connectivity index (χ1) is 30.9. The molecule has 6 heteroatoms. The molecular formula is C60H102O6. The van der Waals surface area contributed by atoms with Crippen LogP contribution in [0.15, 0.2) is 0 Å². The van der Waals surface area contributed by atoms with Crippen LogP contribution in [0.1, 0.15) is 243 Å². The Kier molecular flexibility index (Phi) is 23.3. The number of carbonyl (C=O) groups excluding carboxylic acids is 1. The summed E-state index contributed by atoms with van der Waals surface area (Å²) in [4.78, 5) is 11.9. The Bertz CT molecular complexity index is 1810. The molecule has 2 aliphatic heterocycles. The van der Waals surface area contributed by atoms with Gasteiger partial charge < -0.3 is 24.4 Å². The third-order valence-electron chi connectivity index (χ3n) is 16.2. The first-order valence-corrected chi connectivity index (χ1v) is 27.1. The minimum absolute atomic E-state index is 0.0712. The van der Waals surface area contributed by atoms with Gasteiger partial charge in [0.25, 0.3) is 0 Å². The van der Waals surface area contributed by atoms with E-state index in [1.54, 1.807) is 0 Å². The molecule has 0 aliphatic carbocycles. The Morgan fingerprint density at radius 3 is 1.35 bits per heavy atom. The van der Waals surface area contributed by atoms with E-state index in [9.17, 15) is 15.0 Å². The molecule has 0 aromatic heterocycles. The first kappa shape index (κ1) is 57.4. The average Bonchev–Trinajstić information content (AvgIpc) is 3.23. The molecule has 0 amide bonds. The molecule has 2 heterocycles. The minimum atomic E-state index is -0.566. The van der Waals surface area contributed by atoms with Crippen LogP contribution in [0.4, 0.5) is 0 Å². The predicted octanol–water partition coefficient (Wildman–Crippen LogP) is 17.2. The van der Waals surface area contributed by atoms with Gasteiger partial charge in [-0.15, -0.1) is 0 Å². The molecule has 378 valence electrons. The smallest absolute Gasteiger partial charge is 0.303 e. The van der Waals surface area contributed by atoms with Crippen molar-refractivity contribution in [2.75, 3.05) is 0 Å². The summed E-state index contributed by atoms with van der Waals surface area (Å²) in [6.07, 6.45) is 25.3. The van der Waals surface area contributed by atoms with Crippen molar-refractivity contribution in [1.29, 1.82) is 0 Å². The summed E-state index contributed by atoms with van der Waals surface area (Å²) in [5.74, 6) is 7.27. The van der Waals surface area contributed by atoms with Crippen LogP contribution in [0.3, 0.4) is 0 Å². The van der Waals surface area contributed by atoms with Gasteiger partial charge in [0, 0.05) is 24.5 Å². The van der Waals surface area contributed by atoms with Gasteiger partial charge in [-0.25, -0.2) is 0 Å². The van der Waals surface area contributed by atoms with E-state index < -0.39 is 5.60 Å². The third-order valence-corrected chi connectivity index (χ3v) is 16.2. The van der Waals surface area contributed by atoms with Crippen molar-refractivity contribution in [2.45, 2.75) is 270 Å². The molecule has 2 aromatic rings. The van der Waals surface area contributed by atoms with Crippen molar-refractivity contribution in [3.63, 3.8) is 0 Å². The number of aromatic hydroxyl groups is 2. The lowest BCUT2D eigenvalue weighted by molar-refractivity contribution is -0.161. The van der Waals surface area contributed by atoms with Gasteiger partial charge in [0.15, 0.2) is 0 Å². The SMILES string of the molecule is CC(=O)OC1Cc2c(C)c(O)c(C)c(C)c2O[C@@]1(C)CCC[C@H](C)CCC[C@@H](C)CCCC(C)C.Cc1c(C)c2c(c(C)c1O)CC[C@](C)(CCC[C@H](C)CCC[C@@H](C)CCCC(C)C)O2. The van der Waals surface area contributed by atoms with Gasteiger partial charge in [-0.3, -0.25) is 4.79 Å². The fraction of sp³-hybridized carbons (Fsp3) is 0.783. The van der Waals surface area contributed by atoms with E-state index in [4.69, 9.17) is 14.2 Å². The van der Waals surface area contributed by atoms with Crippen molar-refractivity contribution in [2.24, 2.45) is 35.5 Å². The number of phenolic OH excluding ortho intramolecular Hbond substituents is 2. The molecule has 0 radical (unpaired) electrons. The average molecular weight is 919 g/mol. The third kappa shape index (κ3) is 17.3. The second-order valence-corrected chi connectivity index (χ2v) is 23.5. The topological polar surface area (TPSA) is 85.2 Å². The Labute approximate surface area is 406 Å². The quantitative estimate of drug-likeness (QED) is 0.0965. The molecular weight excluding hydrogens is 817 g/mol. The Morgan fingerprint density at radius 2 is 0.924 bits per heavy atom. The Balaban J connectivity index is 0.000000353. The van der Waals surface area contributed by atoms with Crippen LogP contribution in [0.2, 0.25) is 0 Å². The van der Waals surface area contributed by atoms with Gasteiger partial charge in [-0.2, -0.15) is 0 Å². The van der Waals surface area contributed by atoms with E-state index in [1.165, 1.54) is 102 Å². The van der Waals surface area contributed by atoms with Gasteiger partial charge in [0.2, 0.25) is 0 Å². The van der Waals surface area contributed by atoms with E-state index in [1.807, 2.05) is 34.6 Å². The van der Waals surface area contributed by atoms with Crippen LogP contribution in [-0.2, 0) is 22.4 Å². The van der Waals surface area contributed by atoms with Crippen LogP contribution < -0.4 is 9.47 Å². The van der Waals surface area contributed by atoms with Crippen molar-refractivity contribution in [1.82, 2.24) is 0 Å². The number of rotatable bonds is 25. The summed E-state index contributed by atoms with van der Waals surface area (Å²) in [6.45, 7) is 36.8. The largest absolute Gasteiger partial charge is 0.507 e. The molecule has 0 fully saturated rings. The standard InChI is InChI=1S/C31H52O4.C29H50O2/c1-20(2)13-10-14-21(3)15-11-16-22(4)17-12-18-31(9)28(34-26(8)32)19-27-25(7)29(33)23(5)24(6)30(27)35-31;1-20(2)12-9-13-21(3)14-10-15-22(4)16-11-18-29(8)19-17-26-25(7)27(30)23(5)24(6)28(26)31-29/h20-22,28,33H,10-19H2,1-9H3;20-22,30H,9-19H2,1-8H3/t21-,22+,28?,31-;21-,22+,29-/m00/s1. The molecule has 7 atom stereocenters. The van der Waals surface area contributed by atoms with Crippen LogP contribution in [-0.4, -0.2) is 33.5 Å². The van der Waals surface area contributed by atoms with Gasteiger partial charge >= 0.3 is 5.97 Å². The second kappa shape index (κ2) is 26.8. The monoisotopic (exact) mass is 919 g/mol. The van der Waals surface area contributed by atoms with E-state index in [0.29, 0.717) is 23.8 Å². The van der Waals surface area contributed by atoms with Crippen LogP contribution in [0.5, 0.6) is 23.0 Å². The summed E-state index contributed by atoms with van der Waals surface area (Å²) < 4.78 is 19.0. The highest BCUT2D eigenvalue weighted by molar-refractivity contribution is 5.67. The number of hydrogen-bond donors (Lipinski definition) is 2. The lowest BCUT2D eigenvalue weighted by Gasteiger charge is -2.43. The maximum atomic E-state index is 11.9. The van der Waals surface area contributed by atoms with Crippen LogP contribution >= 0.6 is 0 Å². The zero-order valence-corrected chi connectivity index (χ0v) is 45.9. The van der Waals surface area contributed by atoms with Crippen molar-refractivity contribution < 1.29 is 29.2 Å². The molecule has 0 saturated carbocycles. The van der Waals surface area contributed by atoms with E-state index in [-0.39, 0.29) is 17.7 Å². The van der Waals surface area contributed by atoms with E-state index in [2.05, 4.69) is 76.2 Å². The highest BCUT2D eigenvalue weighted by Gasteiger charge is 2.44. The summed E-state index contributed by atoms with van der Waals surface area (Å²) in [7, 11) is 0. The summed E-state index contributed by atoms with van der Waals surface area (Å²) in [5, 5.41) is 20.9. The molecule has 0 spiro atoms. The highest BCUT2D eigenvalue weighted by atomic mass is 16.6. The summed E-state index contributed by atoms with van der Waals surface area (Å²) in [5.41, 5.74) is 7.30. The van der Waals surface area contributed by atoms with Gasteiger partial charge in [-0.05, 0) is 163 Å². The second-order valence-electron chi connectivity index (χ2n) is 23.5. The fourth-order valence-electron chi connectivity index (χ4n) is 10.9. The van der Waals surface area contributed by atoms with Crippen molar-refractivity contribution in [3.8, 4) is 23.0 Å². The first-order valence-electron chi connectivity index (χ1n) is 27.1. The zero-order valence-electron chi connectivity index (χ0n) is 45.9. The molecule has 1 unspecified atom stereocenters. The molecule has 2 N–H and O–H groups in total. The highest BCUT2D eigenvalue weighted by Crippen LogP contribution is 2.47. The van der Waals surface area contributed by atoms with Gasteiger partial charge in [0.1, 0.15) is 40.3 Å². The van der Waals surface area contributed by atoms with Crippen molar-refractivity contribution in [3.05, 3.63) is 44.5 Å². The predicted molar refractivity (Wildman–Crippen MR) is 280 cm³/mol. The number of carbonyl (C=O) groups is 1. The van der Waals surface area contributed by atoms with Crippen LogP contribution in [0, 0.1) is 77.0 Å². The minimum Gasteiger partial charge on any atom is -0.507 e. The number of ether oxygens (including phenoxy) is 3. The molecule has 0 saturated heterocycles. The summed E-state index contributed by atoms with van der Waals surface area (Å²) in [6, 6.07) is 0. The van der Waals surface area contributed by atoms with E-state index >= 15 is 0 Å². The van der Waals surface area contributed by atoms with Gasteiger partial charge in [0.05, 0.1) is 0 Å². The van der Waals surface area contributed by atoms with E-state index in [0.717, 1.165) is 119 Å². The normalized spacial score (nSPS) is 20.9. The maximum Gasteiger partial charge on any atom is 0.303 e. The molecule has 2 aromatic carbocycles. The lowest BCUT2D eigenvalue weighted by atomic mass is 9.81. The van der Waals surface area contributed by atoms with Crippen molar-refractivity contribution >= 4 is 5.97 Å². The number of fused-ring (bicyclic) bond motifs is 2.